The van der Waals surface area contributed by atoms with Gasteiger partial charge in [0.2, 0.25) is 0 Å². The quantitative estimate of drug-likeness (QED) is 0.599. The van der Waals surface area contributed by atoms with Gasteiger partial charge in [0.05, 0.1) is 5.54 Å². The highest BCUT2D eigenvalue weighted by Crippen LogP contribution is 2.20. The largest absolute Gasteiger partial charge is 0.298 e. The Morgan fingerprint density at radius 2 is 1.76 bits per heavy atom. The van der Waals surface area contributed by atoms with Gasteiger partial charge in [-0.2, -0.15) is 0 Å². The number of hydrogen-bond acceptors (Lipinski definition) is 3. The lowest BCUT2D eigenvalue weighted by Crippen LogP contribution is -2.56. The van der Waals surface area contributed by atoms with E-state index in [0.29, 0.717) is 23.0 Å². The van der Waals surface area contributed by atoms with E-state index in [0.717, 1.165) is 29.5 Å². The number of hydrogen-bond donors (Lipinski definition) is 1. The Labute approximate surface area is 173 Å². The average Bonchev–Trinajstić information content (AvgIpc) is 2.69. The van der Waals surface area contributed by atoms with Crippen molar-refractivity contribution in [2.75, 3.05) is 0 Å². The molecule has 0 saturated carbocycles. The summed E-state index contributed by atoms with van der Waals surface area (Å²) in [5, 5.41) is 1.34. The van der Waals surface area contributed by atoms with Crippen LogP contribution in [0.25, 0.3) is 0 Å². The van der Waals surface area contributed by atoms with Crippen molar-refractivity contribution in [1.29, 1.82) is 0 Å². The Morgan fingerprint density at radius 3 is 2.31 bits per heavy atom. The summed E-state index contributed by atoms with van der Waals surface area (Å²) in [7, 11) is 0. The van der Waals surface area contributed by atoms with Crippen molar-refractivity contribution in [2.24, 2.45) is 0 Å². The minimum absolute atomic E-state index is 0.316. The van der Waals surface area contributed by atoms with Crippen LogP contribution in [0.1, 0.15) is 82.4 Å². The predicted molar refractivity (Wildman–Crippen MR) is 115 cm³/mol. The van der Waals surface area contributed by atoms with Gasteiger partial charge in [-0.3, -0.25) is 19.8 Å². The molecule has 0 radical (unpaired) electrons. The highest BCUT2D eigenvalue weighted by atomic mass is 16.2. The number of hydrazine groups is 1. The molecular weight excluding hydrogens is 364 g/mol. The van der Waals surface area contributed by atoms with Gasteiger partial charge in [0.15, 0.2) is 0 Å². The molecule has 0 heterocycles. The van der Waals surface area contributed by atoms with E-state index in [1.165, 1.54) is 5.01 Å². The number of rotatable bonds is 5. The lowest BCUT2D eigenvalue weighted by atomic mass is 9.96. The molecule has 0 aromatic heterocycles. The smallest absolute Gasteiger partial charge is 0.272 e. The Kier molecular flexibility index (Phi) is 6.96. The fourth-order valence-electron chi connectivity index (χ4n) is 3.41. The van der Waals surface area contributed by atoms with Gasteiger partial charge in [-0.05, 0) is 81.5 Å². The molecule has 0 aliphatic carbocycles. The fraction of sp³-hybridized carbons (Fsp3) is 0.375. The van der Waals surface area contributed by atoms with Crippen LogP contribution in [0.5, 0.6) is 0 Å². The zero-order valence-corrected chi connectivity index (χ0v) is 18.1. The fourth-order valence-corrected chi connectivity index (χ4v) is 3.41. The summed E-state index contributed by atoms with van der Waals surface area (Å²) in [6.07, 6.45) is 2.29. The topological polar surface area (TPSA) is 66.5 Å². The minimum atomic E-state index is -0.660. The number of benzene rings is 2. The molecule has 5 nitrogen and oxygen atoms in total. The summed E-state index contributed by atoms with van der Waals surface area (Å²) in [4.78, 5) is 37.6. The van der Waals surface area contributed by atoms with E-state index >= 15 is 0 Å². The normalized spacial score (nSPS) is 11.1. The first kappa shape index (κ1) is 22.3. The Hall–Kier alpha value is -2.95. The summed E-state index contributed by atoms with van der Waals surface area (Å²) in [6.45, 7) is 11.5. The molecule has 5 heteroatoms. The second kappa shape index (κ2) is 9.03. The number of nitrogens with zero attached hydrogens (tertiary/aromatic N) is 1. The molecule has 0 aliphatic rings. The summed E-state index contributed by atoms with van der Waals surface area (Å²) < 4.78 is 0. The standard InChI is InChI=1S/C24H30N2O3/c1-7-18-10-9-11-21(20(18)8-2)22(28)25-26(24(4,5)6)23(29)19-13-16(3)12-17(14-19)15-27/h9-15H,7-8H2,1-6H3,(H,25,28). The van der Waals surface area contributed by atoms with Crippen molar-refractivity contribution in [2.45, 2.75) is 59.9 Å². The van der Waals surface area contributed by atoms with Crippen molar-refractivity contribution < 1.29 is 14.4 Å². The first-order valence-corrected chi connectivity index (χ1v) is 9.95. The van der Waals surface area contributed by atoms with Gasteiger partial charge >= 0.3 is 0 Å². The van der Waals surface area contributed by atoms with Crippen LogP contribution in [-0.2, 0) is 12.8 Å². The molecule has 0 spiro atoms. The number of aldehydes is 1. The van der Waals surface area contributed by atoms with E-state index in [-0.39, 0.29) is 11.8 Å². The van der Waals surface area contributed by atoms with E-state index in [2.05, 4.69) is 12.3 Å². The molecule has 154 valence electrons. The lowest BCUT2D eigenvalue weighted by molar-refractivity contribution is 0.0358. The first-order chi connectivity index (χ1) is 13.6. The van der Waals surface area contributed by atoms with E-state index in [1.54, 1.807) is 24.3 Å². The highest BCUT2D eigenvalue weighted by Gasteiger charge is 2.30. The van der Waals surface area contributed by atoms with Crippen LogP contribution in [0.15, 0.2) is 36.4 Å². The second-order valence-electron chi connectivity index (χ2n) is 8.15. The van der Waals surface area contributed by atoms with E-state index in [4.69, 9.17) is 0 Å². The molecule has 29 heavy (non-hydrogen) atoms. The molecule has 1 N–H and O–H groups in total. The number of aryl methyl sites for hydroxylation is 2. The third-order valence-corrected chi connectivity index (χ3v) is 4.82. The zero-order valence-electron chi connectivity index (χ0n) is 18.1. The van der Waals surface area contributed by atoms with Crippen molar-refractivity contribution >= 4 is 18.1 Å². The van der Waals surface area contributed by atoms with Crippen LogP contribution in [0.3, 0.4) is 0 Å². The van der Waals surface area contributed by atoms with Gasteiger partial charge in [0.25, 0.3) is 11.8 Å². The van der Waals surface area contributed by atoms with E-state index < -0.39 is 5.54 Å². The molecule has 0 atom stereocenters. The van der Waals surface area contributed by atoms with Crippen LogP contribution in [-0.4, -0.2) is 28.6 Å². The van der Waals surface area contributed by atoms with Crippen LogP contribution in [0, 0.1) is 6.92 Å². The highest BCUT2D eigenvalue weighted by molar-refractivity contribution is 6.01. The molecule has 2 amide bonds. The molecule has 0 unspecified atom stereocenters. The average molecular weight is 395 g/mol. The van der Waals surface area contributed by atoms with Gasteiger partial charge in [0.1, 0.15) is 6.29 Å². The number of nitrogens with one attached hydrogen (secondary N) is 1. The molecule has 0 saturated heterocycles. The maximum atomic E-state index is 13.3. The minimum Gasteiger partial charge on any atom is -0.298 e. The lowest BCUT2D eigenvalue weighted by Gasteiger charge is -2.36. The molecule has 0 bridgehead atoms. The molecule has 2 rings (SSSR count). The Morgan fingerprint density at radius 1 is 1.07 bits per heavy atom. The van der Waals surface area contributed by atoms with Crippen LogP contribution < -0.4 is 5.43 Å². The van der Waals surface area contributed by atoms with E-state index in [9.17, 15) is 14.4 Å². The van der Waals surface area contributed by atoms with Gasteiger partial charge in [-0.1, -0.05) is 26.0 Å². The Balaban J connectivity index is 2.43. The molecule has 0 fully saturated rings. The first-order valence-electron chi connectivity index (χ1n) is 9.95. The van der Waals surface area contributed by atoms with Crippen LogP contribution >= 0.6 is 0 Å². The van der Waals surface area contributed by atoms with Gasteiger partial charge in [-0.15, -0.1) is 0 Å². The van der Waals surface area contributed by atoms with Gasteiger partial charge in [0, 0.05) is 16.7 Å². The van der Waals surface area contributed by atoms with Crippen LogP contribution in [0.2, 0.25) is 0 Å². The maximum Gasteiger partial charge on any atom is 0.272 e. The molecule has 2 aromatic carbocycles. The van der Waals surface area contributed by atoms with Crippen LogP contribution in [0.4, 0.5) is 0 Å². The third kappa shape index (κ3) is 5.11. The van der Waals surface area contributed by atoms with Crippen molar-refractivity contribution in [3.8, 4) is 0 Å². The summed E-state index contributed by atoms with van der Waals surface area (Å²) in [5.74, 6) is -0.675. The second-order valence-corrected chi connectivity index (χ2v) is 8.15. The SMILES string of the molecule is CCc1cccc(C(=O)NN(C(=O)c2cc(C)cc(C=O)c2)C(C)(C)C)c1CC. The number of carbonyl (C=O) groups is 3. The monoisotopic (exact) mass is 394 g/mol. The number of carbonyl (C=O) groups excluding carboxylic acids is 3. The van der Waals surface area contributed by atoms with E-state index in [1.807, 2.05) is 46.8 Å². The zero-order chi connectivity index (χ0) is 21.8. The third-order valence-electron chi connectivity index (χ3n) is 4.82. The summed E-state index contributed by atoms with van der Waals surface area (Å²) in [6, 6.07) is 10.7. The number of amides is 2. The molecular formula is C24H30N2O3. The Bertz CT molecular complexity index is 926. The molecule has 0 aliphatic heterocycles. The van der Waals surface area contributed by atoms with Gasteiger partial charge < -0.3 is 0 Å². The van der Waals surface area contributed by atoms with Gasteiger partial charge in [-0.25, -0.2) is 5.01 Å². The maximum absolute atomic E-state index is 13.3. The van der Waals surface area contributed by atoms with Crippen molar-refractivity contribution in [3.63, 3.8) is 0 Å². The predicted octanol–water partition coefficient (Wildman–Crippen LogP) is 4.52. The van der Waals surface area contributed by atoms with Crippen molar-refractivity contribution in [1.82, 2.24) is 10.4 Å². The summed E-state index contributed by atoms with van der Waals surface area (Å²) >= 11 is 0. The van der Waals surface area contributed by atoms with Crippen molar-refractivity contribution in [3.05, 3.63) is 69.8 Å². The molecule has 2 aromatic rings. The summed E-state index contributed by atoms with van der Waals surface area (Å²) in [5.41, 5.74) is 6.44.